The van der Waals surface area contributed by atoms with Gasteiger partial charge in [-0.2, -0.15) is 0 Å². The van der Waals surface area contributed by atoms with Crippen molar-refractivity contribution in [1.29, 1.82) is 0 Å². The lowest BCUT2D eigenvalue weighted by Gasteiger charge is -2.12. The van der Waals surface area contributed by atoms with Crippen LogP contribution in [0, 0.1) is 0 Å². The van der Waals surface area contributed by atoms with Gasteiger partial charge in [0.25, 0.3) is 0 Å². The molecule has 0 amide bonds. The third-order valence-electron chi connectivity index (χ3n) is 3.53. The Bertz CT molecular complexity index is 844. The lowest BCUT2D eigenvalue weighted by Crippen LogP contribution is -2.01. The largest absolute Gasteiger partial charge is 0.407 e. The number of para-hydroxylation sites is 2. The highest BCUT2D eigenvalue weighted by atomic mass is 16.5. The molecule has 0 fully saturated rings. The highest BCUT2D eigenvalue weighted by molar-refractivity contribution is 5.99. The van der Waals surface area contributed by atoms with E-state index in [9.17, 15) is 4.79 Å². The summed E-state index contributed by atoms with van der Waals surface area (Å²) < 4.78 is 5.20. The van der Waals surface area contributed by atoms with Gasteiger partial charge in [-0.3, -0.25) is 4.79 Å². The van der Waals surface area contributed by atoms with Crippen molar-refractivity contribution < 1.29 is 9.53 Å². The van der Waals surface area contributed by atoms with Gasteiger partial charge in [0.2, 0.25) is 5.88 Å². The van der Waals surface area contributed by atoms with Crippen molar-refractivity contribution in [2.75, 3.05) is 5.32 Å². The number of hydrogen-bond donors (Lipinski definition) is 1. The quantitative estimate of drug-likeness (QED) is 0.728. The Morgan fingerprint density at radius 1 is 1.00 bits per heavy atom. The van der Waals surface area contributed by atoms with Crippen LogP contribution < -0.4 is 10.1 Å². The first kappa shape index (κ1) is 11.9. The third-order valence-corrected chi connectivity index (χ3v) is 3.53. The second-order valence-corrected chi connectivity index (χ2v) is 4.93. The van der Waals surface area contributed by atoms with Gasteiger partial charge in [0.15, 0.2) is 0 Å². The number of nitrogens with one attached hydrogen (secondary N) is 1. The molecule has 1 N–H and O–H groups in total. The van der Waals surface area contributed by atoms with Crippen LogP contribution in [0.1, 0.15) is 5.56 Å². The molecule has 1 aromatic heterocycles. The summed E-state index contributed by atoms with van der Waals surface area (Å²) in [7, 11) is 0. The average molecular weight is 276 g/mol. The number of fused-ring (bicyclic) bond motifs is 2. The molecule has 0 spiro atoms. The lowest BCUT2D eigenvalue weighted by atomic mass is 10.1. The molecule has 102 valence electrons. The van der Waals surface area contributed by atoms with Gasteiger partial charge in [0.05, 0.1) is 23.2 Å². The predicted octanol–water partition coefficient (Wildman–Crippen LogP) is 3.44. The molecule has 4 nitrogen and oxygen atoms in total. The number of esters is 1. The Labute approximate surface area is 121 Å². The van der Waals surface area contributed by atoms with E-state index in [0.29, 0.717) is 5.88 Å². The van der Waals surface area contributed by atoms with Crippen LogP contribution in [-0.4, -0.2) is 11.0 Å². The Morgan fingerprint density at radius 3 is 2.62 bits per heavy atom. The Kier molecular flexibility index (Phi) is 2.60. The molecule has 1 aliphatic heterocycles. The summed E-state index contributed by atoms with van der Waals surface area (Å²) >= 11 is 0. The first-order valence-corrected chi connectivity index (χ1v) is 6.75. The SMILES string of the molecule is O=C1Cc2c(nc3ccccc3c2Nc2ccccc2)O1. The van der Waals surface area contributed by atoms with Crippen molar-refractivity contribution in [1.82, 2.24) is 4.98 Å². The normalized spacial score (nSPS) is 13.0. The fraction of sp³-hybridized carbons (Fsp3) is 0.0588. The van der Waals surface area contributed by atoms with Crippen molar-refractivity contribution >= 4 is 28.2 Å². The molecular formula is C17H12N2O2. The van der Waals surface area contributed by atoms with Crippen LogP contribution in [0.2, 0.25) is 0 Å². The van der Waals surface area contributed by atoms with Crippen molar-refractivity contribution in [3.63, 3.8) is 0 Å². The summed E-state index contributed by atoms with van der Waals surface area (Å²) in [4.78, 5) is 16.0. The second kappa shape index (κ2) is 4.59. The molecule has 0 saturated carbocycles. The fourth-order valence-corrected chi connectivity index (χ4v) is 2.57. The van der Waals surface area contributed by atoms with Crippen molar-refractivity contribution in [3.05, 3.63) is 60.2 Å². The molecule has 3 aromatic rings. The van der Waals surface area contributed by atoms with E-state index in [1.54, 1.807) is 0 Å². The number of hydrogen-bond acceptors (Lipinski definition) is 4. The van der Waals surface area contributed by atoms with Crippen LogP contribution in [0.15, 0.2) is 54.6 Å². The van der Waals surface area contributed by atoms with E-state index in [-0.39, 0.29) is 12.4 Å². The fourth-order valence-electron chi connectivity index (χ4n) is 2.57. The number of aromatic nitrogens is 1. The molecule has 4 rings (SSSR count). The molecule has 1 aliphatic rings. The summed E-state index contributed by atoms with van der Waals surface area (Å²) in [5.41, 5.74) is 3.50. The number of ether oxygens (including phenoxy) is 1. The van der Waals surface area contributed by atoms with Crippen molar-refractivity contribution in [2.24, 2.45) is 0 Å². The first-order valence-electron chi connectivity index (χ1n) is 6.75. The van der Waals surface area contributed by atoms with Crippen LogP contribution in [0.5, 0.6) is 5.88 Å². The van der Waals surface area contributed by atoms with Gasteiger partial charge in [-0.25, -0.2) is 4.98 Å². The van der Waals surface area contributed by atoms with E-state index in [4.69, 9.17) is 4.74 Å². The van der Waals surface area contributed by atoms with Crippen LogP contribution in [0.25, 0.3) is 10.9 Å². The minimum Gasteiger partial charge on any atom is -0.407 e. The van der Waals surface area contributed by atoms with E-state index in [2.05, 4.69) is 10.3 Å². The van der Waals surface area contributed by atoms with Gasteiger partial charge >= 0.3 is 5.97 Å². The van der Waals surface area contributed by atoms with Gasteiger partial charge in [-0.1, -0.05) is 36.4 Å². The van der Waals surface area contributed by atoms with Crippen LogP contribution in [0.3, 0.4) is 0 Å². The van der Waals surface area contributed by atoms with Crippen molar-refractivity contribution in [3.8, 4) is 5.88 Å². The zero-order valence-corrected chi connectivity index (χ0v) is 11.2. The smallest absolute Gasteiger partial charge is 0.317 e. The average Bonchev–Trinajstić information content (AvgIpc) is 2.88. The van der Waals surface area contributed by atoms with E-state index in [1.165, 1.54) is 0 Å². The van der Waals surface area contributed by atoms with Gasteiger partial charge in [-0.15, -0.1) is 0 Å². The predicted molar refractivity (Wildman–Crippen MR) is 80.8 cm³/mol. The molecule has 0 bridgehead atoms. The maximum absolute atomic E-state index is 11.6. The zero-order valence-electron chi connectivity index (χ0n) is 11.2. The first-order chi connectivity index (χ1) is 10.3. The molecule has 0 atom stereocenters. The number of carbonyl (C=O) groups is 1. The van der Waals surface area contributed by atoms with Crippen molar-refractivity contribution in [2.45, 2.75) is 6.42 Å². The highest BCUT2D eigenvalue weighted by Crippen LogP contribution is 2.37. The van der Waals surface area contributed by atoms with Gasteiger partial charge in [0.1, 0.15) is 0 Å². The topological polar surface area (TPSA) is 51.2 Å². The standard InChI is InChI=1S/C17H12N2O2/c20-15-10-13-16(18-11-6-2-1-3-7-11)12-8-4-5-9-14(12)19-17(13)21-15/h1-9H,10H2,(H,18,19). The molecule has 4 heteroatoms. The maximum atomic E-state index is 11.6. The molecule has 0 unspecified atom stereocenters. The Hall–Kier alpha value is -2.88. The molecule has 0 radical (unpaired) electrons. The van der Waals surface area contributed by atoms with E-state index < -0.39 is 0 Å². The third kappa shape index (κ3) is 2.01. The minimum absolute atomic E-state index is 0.252. The monoisotopic (exact) mass is 276 g/mol. The van der Waals surface area contributed by atoms with Gasteiger partial charge in [-0.05, 0) is 18.2 Å². The maximum Gasteiger partial charge on any atom is 0.317 e. The molecule has 0 aliphatic carbocycles. The summed E-state index contributed by atoms with van der Waals surface area (Å²) in [6.07, 6.45) is 0.252. The molecule has 2 heterocycles. The van der Waals surface area contributed by atoms with E-state index >= 15 is 0 Å². The number of nitrogens with zero attached hydrogens (tertiary/aromatic N) is 1. The zero-order chi connectivity index (χ0) is 14.2. The minimum atomic E-state index is -0.260. The second-order valence-electron chi connectivity index (χ2n) is 4.93. The molecular weight excluding hydrogens is 264 g/mol. The summed E-state index contributed by atoms with van der Waals surface area (Å²) in [6, 6.07) is 17.7. The van der Waals surface area contributed by atoms with Gasteiger partial charge in [0, 0.05) is 11.1 Å². The number of anilines is 2. The number of rotatable bonds is 2. The van der Waals surface area contributed by atoms with E-state index in [1.807, 2.05) is 54.6 Å². The Morgan fingerprint density at radius 2 is 1.76 bits per heavy atom. The van der Waals surface area contributed by atoms with Crippen LogP contribution in [0.4, 0.5) is 11.4 Å². The summed E-state index contributed by atoms with van der Waals surface area (Å²) in [5, 5.41) is 4.38. The molecule has 0 saturated heterocycles. The highest BCUT2D eigenvalue weighted by Gasteiger charge is 2.27. The van der Waals surface area contributed by atoms with Crippen LogP contribution >= 0.6 is 0 Å². The summed E-state index contributed by atoms with van der Waals surface area (Å²) in [5.74, 6) is 0.154. The number of pyridine rings is 1. The lowest BCUT2D eigenvalue weighted by molar-refractivity contribution is -0.132. The van der Waals surface area contributed by atoms with E-state index in [0.717, 1.165) is 27.8 Å². The number of carbonyl (C=O) groups excluding carboxylic acids is 1. The van der Waals surface area contributed by atoms with Gasteiger partial charge < -0.3 is 10.1 Å². The number of benzene rings is 2. The Balaban J connectivity index is 1.94. The van der Waals surface area contributed by atoms with Crippen LogP contribution in [-0.2, 0) is 11.2 Å². The summed E-state index contributed by atoms with van der Waals surface area (Å²) in [6.45, 7) is 0. The molecule has 21 heavy (non-hydrogen) atoms. The molecule has 2 aromatic carbocycles.